The van der Waals surface area contributed by atoms with Crippen LogP contribution in [0, 0.1) is 20.8 Å². The van der Waals surface area contributed by atoms with Crippen molar-refractivity contribution in [3.63, 3.8) is 0 Å². The van der Waals surface area contributed by atoms with Gasteiger partial charge >= 0.3 is 6.03 Å². The fraction of sp³-hybridized carbons (Fsp3) is 0.273. The van der Waals surface area contributed by atoms with E-state index in [0.717, 1.165) is 16.2 Å². The van der Waals surface area contributed by atoms with Gasteiger partial charge in [0, 0.05) is 23.0 Å². The zero-order valence-electron chi connectivity index (χ0n) is 17.2. The number of aryl methyl sites for hydroxylation is 2. The van der Waals surface area contributed by atoms with Gasteiger partial charge in [-0.3, -0.25) is 19.1 Å². The first-order valence-electron chi connectivity index (χ1n) is 9.56. The summed E-state index contributed by atoms with van der Waals surface area (Å²) in [6.07, 6.45) is 1.45. The van der Waals surface area contributed by atoms with Gasteiger partial charge in [-0.05, 0) is 39.3 Å². The Hall–Kier alpha value is -3.68. The molecule has 154 valence electrons. The smallest absolute Gasteiger partial charge is 0.325 e. The maximum Gasteiger partial charge on any atom is 0.325 e. The van der Waals surface area contributed by atoms with Gasteiger partial charge < -0.3 is 9.84 Å². The molecule has 1 saturated heterocycles. The van der Waals surface area contributed by atoms with E-state index in [1.807, 2.05) is 38.1 Å². The number of hydrogen-bond donors (Lipinski definition) is 1. The zero-order chi connectivity index (χ0) is 21.6. The van der Waals surface area contributed by atoms with Crippen LogP contribution in [0.1, 0.15) is 39.8 Å². The average molecular weight is 406 g/mol. The number of hydrogen-bond acceptors (Lipinski definition) is 5. The standard InChI is InChI=1S/C22H22N4O4/c1-13-5-7-16(8-6-13)22(4)20(28)25(21(29)23-22)12-18(27)17-11-14(2)26(15(17)3)19-9-10-30-24-19/h5-11H,12H2,1-4H3,(H,23,29)/t22-/m0/s1. The second kappa shape index (κ2) is 6.98. The van der Waals surface area contributed by atoms with E-state index in [1.165, 1.54) is 6.26 Å². The van der Waals surface area contributed by atoms with E-state index in [-0.39, 0.29) is 12.3 Å². The number of carbonyl (C=O) groups is 3. The van der Waals surface area contributed by atoms with Gasteiger partial charge in [-0.2, -0.15) is 0 Å². The molecule has 2 aromatic heterocycles. The Morgan fingerprint density at radius 3 is 2.47 bits per heavy atom. The number of aromatic nitrogens is 2. The molecule has 8 nitrogen and oxygen atoms in total. The molecule has 0 unspecified atom stereocenters. The number of benzene rings is 1. The quantitative estimate of drug-likeness (QED) is 0.519. The first kappa shape index (κ1) is 19.6. The molecule has 0 bridgehead atoms. The lowest BCUT2D eigenvalue weighted by Crippen LogP contribution is -2.41. The molecule has 0 radical (unpaired) electrons. The average Bonchev–Trinajstić information content (AvgIpc) is 3.37. The van der Waals surface area contributed by atoms with Crippen molar-refractivity contribution in [2.75, 3.05) is 6.54 Å². The SMILES string of the molecule is Cc1ccc([C@]2(C)NC(=O)N(CC(=O)c3cc(C)n(-c4ccon4)c3C)C2=O)cc1. The lowest BCUT2D eigenvalue weighted by Gasteiger charge is -2.22. The van der Waals surface area contributed by atoms with Gasteiger partial charge in [0.15, 0.2) is 11.6 Å². The number of nitrogens with zero attached hydrogens (tertiary/aromatic N) is 3. The number of imide groups is 1. The van der Waals surface area contributed by atoms with Gasteiger partial charge in [0.1, 0.15) is 11.8 Å². The van der Waals surface area contributed by atoms with E-state index in [2.05, 4.69) is 10.5 Å². The number of amides is 3. The molecule has 3 amide bonds. The van der Waals surface area contributed by atoms with Crippen molar-refractivity contribution < 1.29 is 18.9 Å². The first-order valence-corrected chi connectivity index (χ1v) is 9.56. The van der Waals surface area contributed by atoms with Crippen molar-refractivity contribution in [1.29, 1.82) is 0 Å². The van der Waals surface area contributed by atoms with Crippen molar-refractivity contribution in [3.8, 4) is 5.82 Å². The van der Waals surface area contributed by atoms with Gasteiger partial charge in [0.05, 0.1) is 6.54 Å². The predicted octanol–water partition coefficient (Wildman–Crippen LogP) is 3.04. The largest absolute Gasteiger partial charge is 0.363 e. The predicted molar refractivity (Wildman–Crippen MR) is 108 cm³/mol. The first-order chi connectivity index (χ1) is 14.2. The molecule has 3 heterocycles. The third-order valence-corrected chi connectivity index (χ3v) is 5.59. The second-order valence-electron chi connectivity index (χ2n) is 7.71. The summed E-state index contributed by atoms with van der Waals surface area (Å²) in [5.74, 6) is -0.212. The molecule has 1 fully saturated rings. The summed E-state index contributed by atoms with van der Waals surface area (Å²) in [5.41, 5.74) is 2.41. The summed E-state index contributed by atoms with van der Waals surface area (Å²) >= 11 is 0. The van der Waals surface area contributed by atoms with Crippen LogP contribution >= 0.6 is 0 Å². The molecule has 1 N–H and O–H groups in total. The number of Topliss-reactive ketones (excluding diaryl/α,β-unsaturated/α-hetero) is 1. The summed E-state index contributed by atoms with van der Waals surface area (Å²) in [7, 11) is 0. The summed E-state index contributed by atoms with van der Waals surface area (Å²) in [6.45, 7) is 6.90. The molecular formula is C22H22N4O4. The number of rotatable bonds is 5. The van der Waals surface area contributed by atoms with E-state index >= 15 is 0 Å². The fourth-order valence-electron chi connectivity index (χ4n) is 3.87. The summed E-state index contributed by atoms with van der Waals surface area (Å²) in [4.78, 5) is 39.6. The highest BCUT2D eigenvalue weighted by Gasteiger charge is 2.49. The van der Waals surface area contributed by atoms with Crippen LogP contribution in [0.4, 0.5) is 4.79 Å². The fourth-order valence-corrected chi connectivity index (χ4v) is 3.87. The number of nitrogens with one attached hydrogen (secondary N) is 1. The molecule has 8 heteroatoms. The van der Waals surface area contributed by atoms with Crippen LogP contribution in [0.15, 0.2) is 47.2 Å². The molecule has 3 aromatic rings. The minimum Gasteiger partial charge on any atom is -0.363 e. The maximum absolute atomic E-state index is 13.1. The van der Waals surface area contributed by atoms with Crippen LogP contribution in [0.3, 0.4) is 0 Å². The zero-order valence-corrected chi connectivity index (χ0v) is 17.2. The van der Waals surface area contributed by atoms with Crippen molar-refractivity contribution in [2.24, 2.45) is 0 Å². The Bertz CT molecular complexity index is 1140. The highest BCUT2D eigenvalue weighted by Crippen LogP contribution is 2.29. The topological polar surface area (TPSA) is 97.4 Å². The third kappa shape index (κ3) is 3.01. The van der Waals surface area contributed by atoms with Crippen LogP contribution in [0.25, 0.3) is 5.82 Å². The maximum atomic E-state index is 13.1. The van der Waals surface area contributed by atoms with E-state index in [9.17, 15) is 14.4 Å². The normalized spacial score (nSPS) is 18.7. The minimum atomic E-state index is -1.21. The molecule has 4 rings (SSSR count). The molecule has 0 spiro atoms. The lowest BCUT2D eigenvalue weighted by molar-refractivity contribution is -0.130. The van der Waals surface area contributed by atoms with Crippen molar-refractivity contribution in [1.82, 2.24) is 19.9 Å². The molecule has 1 atom stereocenters. The van der Waals surface area contributed by atoms with Crippen molar-refractivity contribution >= 4 is 17.7 Å². The van der Waals surface area contributed by atoms with Crippen LogP contribution in [-0.2, 0) is 10.3 Å². The number of urea groups is 1. The van der Waals surface area contributed by atoms with Gasteiger partial charge in [-0.15, -0.1) is 0 Å². The molecule has 0 aliphatic carbocycles. The van der Waals surface area contributed by atoms with E-state index in [0.29, 0.717) is 22.6 Å². The Morgan fingerprint density at radius 2 is 1.83 bits per heavy atom. The van der Waals surface area contributed by atoms with E-state index in [4.69, 9.17) is 4.52 Å². The molecule has 0 saturated carbocycles. The van der Waals surface area contributed by atoms with Gasteiger partial charge in [0.2, 0.25) is 0 Å². The Balaban J connectivity index is 1.60. The summed E-state index contributed by atoms with van der Waals surface area (Å²) < 4.78 is 6.69. The highest BCUT2D eigenvalue weighted by atomic mass is 16.5. The minimum absolute atomic E-state index is 0.325. The van der Waals surface area contributed by atoms with Crippen molar-refractivity contribution in [3.05, 3.63) is 70.7 Å². The van der Waals surface area contributed by atoms with Gasteiger partial charge in [0.25, 0.3) is 5.91 Å². The number of ketones is 1. The Kier molecular flexibility index (Phi) is 4.57. The molecule has 1 aromatic carbocycles. The summed E-state index contributed by atoms with van der Waals surface area (Å²) in [6, 6.07) is 10.2. The lowest BCUT2D eigenvalue weighted by atomic mass is 9.91. The Labute approximate surface area is 173 Å². The molecule has 1 aliphatic rings. The number of carbonyl (C=O) groups excluding carboxylic acids is 3. The van der Waals surface area contributed by atoms with Crippen LogP contribution in [-0.4, -0.2) is 38.9 Å². The third-order valence-electron chi connectivity index (χ3n) is 5.59. The molecular weight excluding hydrogens is 384 g/mol. The Morgan fingerprint density at radius 1 is 1.13 bits per heavy atom. The molecule has 30 heavy (non-hydrogen) atoms. The van der Waals surface area contributed by atoms with E-state index < -0.39 is 17.5 Å². The summed E-state index contributed by atoms with van der Waals surface area (Å²) in [5, 5.41) is 6.65. The highest BCUT2D eigenvalue weighted by molar-refractivity contribution is 6.11. The van der Waals surface area contributed by atoms with E-state index in [1.54, 1.807) is 30.5 Å². The van der Waals surface area contributed by atoms with Crippen LogP contribution in [0.5, 0.6) is 0 Å². The molecule has 1 aliphatic heterocycles. The van der Waals surface area contributed by atoms with Crippen LogP contribution in [0.2, 0.25) is 0 Å². The monoisotopic (exact) mass is 406 g/mol. The second-order valence-corrected chi connectivity index (χ2v) is 7.71. The van der Waals surface area contributed by atoms with Gasteiger partial charge in [-0.1, -0.05) is 35.0 Å². The van der Waals surface area contributed by atoms with Crippen LogP contribution < -0.4 is 5.32 Å². The van der Waals surface area contributed by atoms with Crippen molar-refractivity contribution in [2.45, 2.75) is 33.2 Å². The van der Waals surface area contributed by atoms with Gasteiger partial charge in [-0.25, -0.2) is 4.79 Å².